The van der Waals surface area contributed by atoms with E-state index in [1.54, 1.807) is 36.4 Å². The number of phenols is 1. The van der Waals surface area contributed by atoms with Gasteiger partial charge in [-0.2, -0.15) is 5.11 Å². The zero-order valence-corrected chi connectivity index (χ0v) is 16.4. The molecule has 0 spiro atoms. The lowest BCUT2D eigenvalue weighted by molar-refractivity contribution is 0.0465. The highest BCUT2D eigenvalue weighted by molar-refractivity contribution is 5.98. The summed E-state index contributed by atoms with van der Waals surface area (Å²) < 4.78 is 10.8. The Labute approximate surface area is 170 Å². The third-order valence-corrected chi connectivity index (χ3v) is 3.89. The number of nitrogens with one attached hydrogen (secondary N) is 1. The first kappa shape index (κ1) is 22.5. The molecular weight excluding hydrogens is 372 g/mol. The molecule has 1 amide bonds. The third kappa shape index (κ3) is 8.82. The zero-order chi connectivity index (χ0) is 20.7. The van der Waals surface area contributed by atoms with Gasteiger partial charge in [-0.05, 0) is 55.8 Å². The van der Waals surface area contributed by atoms with Gasteiger partial charge in [-0.1, -0.05) is 12.1 Å². The van der Waals surface area contributed by atoms with Crippen molar-refractivity contribution in [1.29, 1.82) is 0 Å². The smallest absolute Gasteiger partial charge is 0.253 e. The van der Waals surface area contributed by atoms with Gasteiger partial charge in [-0.25, -0.2) is 0 Å². The molecular formula is C21H28N4O4. The summed E-state index contributed by atoms with van der Waals surface area (Å²) in [5.41, 5.74) is 6.89. The second-order valence-electron chi connectivity index (χ2n) is 6.21. The summed E-state index contributed by atoms with van der Waals surface area (Å²) in [6, 6.07) is 13.4. The first-order chi connectivity index (χ1) is 14.2. The van der Waals surface area contributed by atoms with Crippen molar-refractivity contribution in [1.82, 2.24) is 5.32 Å². The number of hydrogen-bond donors (Lipinski definition) is 3. The van der Waals surface area contributed by atoms with E-state index in [2.05, 4.69) is 15.5 Å². The third-order valence-electron chi connectivity index (χ3n) is 3.89. The monoisotopic (exact) mass is 400 g/mol. The minimum absolute atomic E-state index is 0.159. The summed E-state index contributed by atoms with van der Waals surface area (Å²) in [4.78, 5) is 12.4. The van der Waals surface area contributed by atoms with Crippen LogP contribution in [0.5, 0.6) is 5.75 Å². The highest BCUT2D eigenvalue weighted by Crippen LogP contribution is 2.23. The molecule has 0 aliphatic carbocycles. The van der Waals surface area contributed by atoms with Crippen LogP contribution in [-0.4, -0.2) is 50.5 Å². The van der Waals surface area contributed by atoms with Gasteiger partial charge in [-0.15, -0.1) is 5.11 Å². The predicted octanol–water partition coefficient (Wildman–Crippen LogP) is 3.31. The van der Waals surface area contributed by atoms with E-state index in [9.17, 15) is 9.90 Å². The van der Waals surface area contributed by atoms with Crippen molar-refractivity contribution in [2.75, 3.05) is 39.5 Å². The van der Waals surface area contributed by atoms with E-state index < -0.39 is 0 Å². The lowest BCUT2D eigenvalue weighted by Crippen LogP contribution is -2.25. The topological polar surface area (TPSA) is 119 Å². The Morgan fingerprint density at radius 2 is 1.62 bits per heavy atom. The maximum atomic E-state index is 12.4. The van der Waals surface area contributed by atoms with Crippen molar-refractivity contribution in [3.05, 3.63) is 54.1 Å². The quantitative estimate of drug-likeness (QED) is 0.352. The lowest BCUT2D eigenvalue weighted by atomic mass is 10.1. The van der Waals surface area contributed by atoms with Gasteiger partial charge < -0.3 is 25.6 Å². The number of phenolic OH excluding ortho intramolecular Hbond substituents is 1. The Balaban J connectivity index is 1.73. The zero-order valence-electron chi connectivity index (χ0n) is 16.4. The molecule has 8 heteroatoms. The number of ether oxygens (including phenoxy) is 2. The fourth-order valence-electron chi connectivity index (χ4n) is 2.36. The molecule has 0 bridgehead atoms. The molecule has 0 heterocycles. The molecule has 0 atom stereocenters. The van der Waals surface area contributed by atoms with Crippen molar-refractivity contribution in [2.45, 2.75) is 12.8 Å². The van der Waals surface area contributed by atoms with Gasteiger partial charge in [0.25, 0.3) is 5.91 Å². The van der Waals surface area contributed by atoms with Gasteiger partial charge in [0.1, 0.15) is 5.75 Å². The molecule has 156 valence electrons. The Kier molecular flexibility index (Phi) is 10.4. The molecule has 4 N–H and O–H groups in total. The SMILES string of the molecule is NCCCOCCOCCCNC(=O)c1ccccc1N=Nc1ccc(O)cc1. The largest absolute Gasteiger partial charge is 0.508 e. The van der Waals surface area contributed by atoms with Crippen LogP contribution in [0.1, 0.15) is 23.2 Å². The number of rotatable bonds is 13. The van der Waals surface area contributed by atoms with Gasteiger partial charge in [0.2, 0.25) is 0 Å². The highest BCUT2D eigenvalue weighted by atomic mass is 16.5. The fraction of sp³-hybridized carbons (Fsp3) is 0.381. The van der Waals surface area contributed by atoms with E-state index in [0.717, 1.165) is 6.42 Å². The number of azo groups is 1. The summed E-state index contributed by atoms with van der Waals surface area (Å²) in [6.07, 6.45) is 1.55. The number of nitrogens with two attached hydrogens (primary N) is 1. The molecule has 0 radical (unpaired) electrons. The van der Waals surface area contributed by atoms with Gasteiger partial charge in [0.15, 0.2) is 0 Å². The molecule has 0 aromatic heterocycles. The molecule has 0 fully saturated rings. The van der Waals surface area contributed by atoms with Crippen molar-refractivity contribution < 1.29 is 19.4 Å². The summed E-state index contributed by atoms with van der Waals surface area (Å²) in [6.45, 7) is 3.39. The summed E-state index contributed by atoms with van der Waals surface area (Å²) >= 11 is 0. The first-order valence-electron chi connectivity index (χ1n) is 9.64. The summed E-state index contributed by atoms with van der Waals surface area (Å²) in [7, 11) is 0. The first-order valence-corrected chi connectivity index (χ1v) is 9.64. The molecule has 0 unspecified atom stereocenters. The number of carbonyl (C=O) groups excluding carboxylic acids is 1. The van der Waals surface area contributed by atoms with Crippen LogP contribution >= 0.6 is 0 Å². The molecule has 0 saturated carbocycles. The van der Waals surface area contributed by atoms with Crippen LogP contribution in [0.25, 0.3) is 0 Å². The molecule has 8 nitrogen and oxygen atoms in total. The average molecular weight is 400 g/mol. The second-order valence-corrected chi connectivity index (χ2v) is 6.21. The lowest BCUT2D eigenvalue weighted by Gasteiger charge is -2.08. The van der Waals surface area contributed by atoms with Crippen LogP contribution in [0.3, 0.4) is 0 Å². The van der Waals surface area contributed by atoms with E-state index in [1.165, 1.54) is 12.1 Å². The Hall–Kier alpha value is -2.81. The predicted molar refractivity (Wildman–Crippen MR) is 111 cm³/mol. The van der Waals surface area contributed by atoms with Crippen LogP contribution in [0.4, 0.5) is 11.4 Å². The van der Waals surface area contributed by atoms with Gasteiger partial charge in [0, 0.05) is 19.8 Å². The van der Waals surface area contributed by atoms with Gasteiger partial charge in [-0.3, -0.25) is 4.79 Å². The maximum absolute atomic E-state index is 12.4. The Bertz CT molecular complexity index is 766. The van der Waals surface area contributed by atoms with Crippen molar-refractivity contribution in [3.8, 4) is 5.75 Å². The van der Waals surface area contributed by atoms with Crippen LogP contribution < -0.4 is 11.1 Å². The van der Waals surface area contributed by atoms with E-state index >= 15 is 0 Å². The van der Waals surface area contributed by atoms with Crippen molar-refractivity contribution >= 4 is 17.3 Å². The molecule has 2 aromatic carbocycles. The van der Waals surface area contributed by atoms with Crippen LogP contribution in [0.2, 0.25) is 0 Å². The maximum Gasteiger partial charge on any atom is 0.253 e. The number of carbonyl (C=O) groups is 1. The van der Waals surface area contributed by atoms with E-state index in [4.69, 9.17) is 15.2 Å². The van der Waals surface area contributed by atoms with E-state index in [0.29, 0.717) is 62.9 Å². The minimum Gasteiger partial charge on any atom is -0.508 e. The van der Waals surface area contributed by atoms with Gasteiger partial charge >= 0.3 is 0 Å². The number of amides is 1. The van der Waals surface area contributed by atoms with Crippen molar-refractivity contribution in [2.24, 2.45) is 16.0 Å². The fourth-order valence-corrected chi connectivity index (χ4v) is 2.36. The Morgan fingerprint density at radius 1 is 0.931 bits per heavy atom. The standard InChI is InChI=1S/C21H28N4O4/c22-11-3-13-28-15-16-29-14-4-12-23-21(27)19-5-1-2-6-20(19)25-24-17-7-9-18(26)10-8-17/h1-2,5-10,26H,3-4,11-16,22H2,(H,23,27). The number of aromatic hydroxyl groups is 1. The molecule has 2 aromatic rings. The molecule has 2 rings (SSSR count). The molecule has 0 aliphatic heterocycles. The highest BCUT2D eigenvalue weighted by Gasteiger charge is 2.10. The number of benzene rings is 2. The minimum atomic E-state index is -0.213. The molecule has 0 aliphatic rings. The second kappa shape index (κ2) is 13.4. The molecule has 0 saturated heterocycles. The molecule has 29 heavy (non-hydrogen) atoms. The van der Waals surface area contributed by atoms with Crippen molar-refractivity contribution in [3.63, 3.8) is 0 Å². The van der Waals surface area contributed by atoms with Crippen LogP contribution in [-0.2, 0) is 9.47 Å². The van der Waals surface area contributed by atoms with Gasteiger partial charge in [0.05, 0.1) is 30.2 Å². The van der Waals surface area contributed by atoms with Crippen LogP contribution in [0, 0.1) is 0 Å². The number of nitrogens with zero attached hydrogens (tertiary/aromatic N) is 2. The Morgan fingerprint density at radius 3 is 2.34 bits per heavy atom. The summed E-state index contributed by atoms with van der Waals surface area (Å²) in [5.74, 6) is -0.0535. The average Bonchev–Trinajstić information content (AvgIpc) is 2.74. The summed E-state index contributed by atoms with van der Waals surface area (Å²) in [5, 5.41) is 20.4. The van der Waals surface area contributed by atoms with E-state index in [1.807, 2.05) is 0 Å². The van der Waals surface area contributed by atoms with Crippen LogP contribution in [0.15, 0.2) is 58.8 Å². The normalized spacial score (nSPS) is 11.1. The van der Waals surface area contributed by atoms with E-state index in [-0.39, 0.29) is 11.7 Å². The number of hydrogen-bond acceptors (Lipinski definition) is 7.